The van der Waals surface area contributed by atoms with Gasteiger partial charge < -0.3 is 4.57 Å². The van der Waals surface area contributed by atoms with E-state index in [1.165, 1.54) is 21.7 Å². The lowest BCUT2D eigenvalue weighted by Crippen LogP contribution is -2.18. The summed E-state index contributed by atoms with van der Waals surface area (Å²) in [5.74, 6) is 0. The second-order valence-corrected chi connectivity index (χ2v) is 6.08. The van der Waals surface area contributed by atoms with E-state index in [1.54, 1.807) is 6.20 Å². The van der Waals surface area contributed by atoms with E-state index in [4.69, 9.17) is 0 Å². The first-order valence-corrected chi connectivity index (χ1v) is 6.85. The lowest BCUT2D eigenvalue weighted by atomic mass is 9.91. The van der Waals surface area contributed by atoms with Crippen LogP contribution in [0.3, 0.4) is 0 Å². The molecule has 0 aliphatic carbocycles. The highest BCUT2D eigenvalue weighted by atomic mass is 32.2. The summed E-state index contributed by atoms with van der Waals surface area (Å²) in [6, 6.07) is 2.03. The normalized spacial score (nSPS) is 17.6. The Labute approximate surface area is 104 Å². The zero-order valence-electron chi connectivity index (χ0n) is 10.2. The van der Waals surface area contributed by atoms with Crippen LogP contribution in [-0.4, -0.2) is 20.0 Å². The summed E-state index contributed by atoms with van der Waals surface area (Å²) in [4.78, 5) is 12.1. The fourth-order valence-corrected chi connectivity index (χ4v) is 3.03. The van der Waals surface area contributed by atoms with Crippen molar-refractivity contribution in [2.24, 2.45) is 5.41 Å². The lowest BCUT2D eigenvalue weighted by Gasteiger charge is -2.15. The minimum absolute atomic E-state index is 0.00490. The monoisotopic (exact) mass is 249 g/mol. The number of hydrogen-bond donors (Lipinski definition) is 0. The molecule has 0 amide bonds. The summed E-state index contributed by atoms with van der Waals surface area (Å²) in [5.41, 5.74) is 2.51. The van der Waals surface area contributed by atoms with E-state index in [1.807, 2.05) is 12.3 Å². The van der Waals surface area contributed by atoms with E-state index >= 15 is 0 Å². The van der Waals surface area contributed by atoms with Crippen molar-refractivity contribution < 1.29 is 0 Å². The molecule has 0 aromatic carbocycles. The summed E-state index contributed by atoms with van der Waals surface area (Å²) >= 11 is 1.33. The van der Waals surface area contributed by atoms with Crippen LogP contribution in [0, 0.1) is 5.41 Å². The van der Waals surface area contributed by atoms with Gasteiger partial charge in [0, 0.05) is 18.5 Å². The van der Waals surface area contributed by atoms with Crippen molar-refractivity contribution >= 4 is 22.9 Å². The first-order valence-electron chi connectivity index (χ1n) is 5.67. The molecular formula is C12H15N3OS. The minimum Gasteiger partial charge on any atom is -0.343 e. The highest BCUT2D eigenvalue weighted by molar-refractivity contribution is 7.97. The fraction of sp³-hybridized carbons (Fsp3) is 0.500. The van der Waals surface area contributed by atoms with Crippen molar-refractivity contribution in [1.29, 1.82) is 0 Å². The second-order valence-electron chi connectivity index (χ2n) is 5.37. The second kappa shape index (κ2) is 3.38. The van der Waals surface area contributed by atoms with Crippen LogP contribution in [-0.2, 0) is 13.0 Å². The Morgan fingerprint density at radius 1 is 1.47 bits per heavy atom. The van der Waals surface area contributed by atoms with Gasteiger partial charge in [0.25, 0.3) is 5.56 Å². The zero-order chi connectivity index (χ0) is 12.2. The van der Waals surface area contributed by atoms with Crippen LogP contribution in [0.1, 0.15) is 19.5 Å². The van der Waals surface area contributed by atoms with Crippen molar-refractivity contribution in [1.82, 2.24) is 13.8 Å². The van der Waals surface area contributed by atoms with Crippen molar-refractivity contribution in [3.63, 3.8) is 0 Å². The molecule has 90 valence electrons. The third kappa shape index (κ3) is 1.52. The van der Waals surface area contributed by atoms with Crippen LogP contribution in [0.2, 0.25) is 0 Å². The average Bonchev–Trinajstić information content (AvgIpc) is 2.72. The van der Waals surface area contributed by atoms with Gasteiger partial charge in [-0.3, -0.25) is 4.79 Å². The summed E-state index contributed by atoms with van der Waals surface area (Å²) in [5, 5.41) is 4.96. The maximum Gasteiger partial charge on any atom is 0.286 e. The van der Waals surface area contributed by atoms with E-state index in [9.17, 15) is 4.79 Å². The first kappa shape index (κ1) is 10.9. The van der Waals surface area contributed by atoms with Crippen molar-refractivity contribution in [2.75, 3.05) is 6.26 Å². The predicted octanol–water partition coefficient (Wildman–Crippen LogP) is 1.91. The summed E-state index contributed by atoms with van der Waals surface area (Å²) in [6.45, 7) is 5.47. The SMILES string of the molecule is CSn1ncc2c(cc3n2CC(C)(C)C3)c1=O. The van der Waals surface area contributed by atoms with Gasteiger partial charge in [-0.25, -0.2) is 0 Å². The van der Waals surface area contributed by atoms with Crippen LogP contribution >= 0.6 is 11.9 Å². The standard InChI is InChI=1S/C12H15N3OS/c1-12(2)5-8-4-9-10(14(8)7-12)6-13-15(17-3)11(9)16/h4,6H,5,7H2,1-3H3. The lowest BCUT2D eigenvalue weighted by molar-refractivity contribution is 0.362. The molecule has 3 heterocycles. The number of hydrogen-bond acceptors (Lipinski definition) is 3. The number of fused-ring (bicyclic) bond motifs is 3. The van der Waals surface area contributed by atoms with E-state index in [0.29, 0.717) is 0 Å². The van der Waals surface area contributed by atoms with Crippen molar-refractivity contribution in [2.45, 2.75) is 26.8 Å². The van der Waals surface area contributed by atoms with Gasteiger partial charge in [-0.1, -0.05) is 13.8 Å². The maximum atomic E-state index is 12.1. The summed E-state index contributed by atoms with van der Waals surface area (Å²) < 4.78 is 3.66. The largest absolute Gasteiger partial charge is 0.343 e. The van der Waals surface area contributed by atoms with Crippen molar-refractivity contribution in [3.8, 4) is 0 Å². The molecule has 2 aromatic rings. The fourth-order valence-electron chi connectivity index (χ4n) is 2.63. The number of aromatic nitrogens is 3. The zero-order valence-corrected chi connectivity index (χ0v) is 11.0. The minimum atomic E-state index is -0.00490. The number of nitrogens with zero attached hydrogens (tertiary/aromatic N) is 3. The molecule has 3 rings (SSSR count). The molecule has 0 spiro atoms. The smallest absolute Gasteiger partial charge is 0.286 e. The average molecular weight is 249 g/mol. The Morgan fingerprint density at radius 3 is 2.94 bits per heavy atom. The Kier molecular flexibility index (Phi) is 2.17. The maximum absolute atomic E-state index is 12.1. The molecule has 0 saturated heterocycles. The molecule has 2 aromatic heterocycles. The quantitative estimate of drug-likeness (QED) is 0.775. The molecule has 0 unspecified atom stereocenters. The molecule has 0 bridgehead atoms. The van der Waals surface area contributed by atoms with Gasteiger partial charge in [0.2, 0.25) is 0 Å². The van der Waals surface area contributed by atoms with E-state index < -0.39 is 0 Å². The molecule has 1 aliphatic rings. The molecule has 17 heavy (non-hydrogen) atoms. The highest BCUT2D eigenvalue weighted by Crippen LogP contribution is 2.34. The van der Waals surface area contributed by atoms with E-state index in [0.717, 1.165) is 23.9 Å². The van der Waals surface area contributed by atoms with Gasteiger partial charge >= 0.3 is 0 Å². The molecule has 0 saturated carbocycles. The van der Waals surface area contributed by atoms with Crippen LogP contribution < -0.4 is 5.56 Å². The van der Waals surface area contributed by atoms with Crippen LogP contribution in [0.5, 0.6) is 0 Å². The van der Waals surface area contributed by atoms with Gasteiger partial charge in [0.05, 0.1) is 17.1 Å². The van der Waals surface area contributed by atoms with Gasteiger partial charge in [0.15, 0.2) is 0 Å². The molecule has 1 aliphatic heterocycles. The van der Waals surface area contributed by atoms with Crippen LogP contribution in [0.15, 0.2) is 17.1 Å². The Morgan fingerprint density at radius 2 is 2.24 bits per heavy atom. The summed E-state index contributed by atoms with van der Waals surface area (Å²) in [6.07, 6.45) is 4.69. The van der Waals surface area contributed by atoms with Gasteiger partial charge in [0.1, 0.15) is 0 Å². The third-order valence-corrected chi connectivity index (χ3v) is 3.94. The molecule has 0 radical (unpaired) electrons. The van der Waals surface area contributed by atoms with Gasteiger partial charge in [-0.2, -0.15) is 9.19 Å². The first-order chi connectivity index (χ1) is 8.02. The highest BCUT2D eigenvalue weighted by Gasteiger charge is 2.30. The predicted molar refractivity (Wildman–Crippen MR) is 70.4 cm³/mol. The third-order valence-electron chi connectivity index (χ3n) is 3.33. The number of rotatable bonds is 1. The van der Waals surface area contributed by atoms with E-state index in [-0.39, 0.29) is 11.0 Å². The van der Waals surface area contributed by atoms with E-state index in [2.05, 4.69) is 23.5 Å². The molecule has 0 atom stereocenters. The molecule has 0 fully saturated rings. The van der Waals surface area contributed by atoms with Crippen LogP contribution in [0.25, 0.3) is 10.9 Å². The topological polar surface area (TPSA) is 39.8 Å². The Bertz CT molecular complexity index is 654. The van der Waals surface area contributed by atoms with Crippen LogP contribution in [0.4, 0.5) is 0 Å². The Hall–Kier alpha value is -1.23. The molecule has 4 nitrogen and oxygen atoms in total. The Balaban J connectivity index is 2.27. The molecular weight excluding hydrogens is 234 g/mol. The van der Waals surface area contributed by atoms with Gasteiger partial charge in [-0.15, -0.1) is 0 Å². The van der Waals surface area contributed by atoms with Crippen molar-refractivity contribution in [3.05, 3.63) is 28.3 Å². The van der Waals surface area contributed by atoms with Gasteiger partial charge in [-0.05, 0) is 29.9 Å². The molecule has 5 heteroatoms. The summed E-state index contributed by atoms with van der Waals surface area (Å²) in [7, 11) is 0. The molecule has 0 N–H and O–H groups in total.